The minimum absolute atomic E-state index is 0.295. The third kappa shape index (κ3) is 3.81. The van der Waals surface area contributed by atoms with Gasteiger partial charge in [0.25, 0.3) is 0 Å². The lowest BCUT2D eigenvalue weighted by atomic mass is 10.1. The van der Waals surface area contributed by atoms with Crippen molar-refractivity contribution < 1.29 is 10.2 Å². The van der Waals surface area contributed by atoms with E-state index in [9.17, 15) is 10.2 Å². The summed E-state index contributed by atoms with van der Waals surface area (Å²) in [6.07, 6.45) is -0.517. The Kier molecular flexibility index (Phi) is 4.55. The van der Waals surface area contributed by atoms with Crippen molar-refractivity contribution in [2.24, 2.45) is 0 Å². The fourth-order valence-corrected chi connectivity index (χ4v) is 2.08. The number of aliphatic hydroxyl groups is 1. The van der Waals surface area contributed by atoms with E-state index in [0.717, 1.165) is 11.1 Å². The maximum atomic E-state index is 10.1. The van der Waals surface area contributed by atoms with Gasteiger partial charge in [0.1, 0.15) is 5.75 Å². The van der Waals surface area contributed by atoms with E-state index in [1.54, 1.807) is 12.1 Å². The van der Waals surface area contributed by atoms with Crippen LogP contribution in [0.1, 0.15) is 17.2 Å². The number of phenols is 1. The number of aromatic hydroxyl groups is 1. The molecule has 1 unspecified atom stereocenters. The Morgan fingerprint density at radius 2 is 1.63 bits per heavy atom. The standard InChI is InChI=1S/C16H19NO2/c1-17(11-14-9-5-6-10-15(14)18)12-16(19)13-7-3-2-4-8-13/h2-10,16,18-19H,11-12H2,1H3. The highest BCUT2D eigenvalue weighted by Gasteiger charge is 2.11. The van der Waals surface area contributed by atoms with Crippen molar-refractivity contribution in [3.63, 3.8) is 0 Å². The predicted octanol–water partition coefficient (Wildman–Crippen LogP) is 2.56. The van der Waals surface area contributed by atoms with Gasteiger partial charge >= 0.3 is 0 Å². The van der Waals surface area contributed by atoms with Crippen LogP contribution in [0, 0.1) is 0 Å². The SMILES string of the molecule is CN(Cc1ccccc1O)CC(O)c1ccccc1. The molecular formula is C16H19NO2. The van der Waals surface area contributed by atoms with E-state index in [-0.39, 0.29) is 0 Å². The van der Waals surface area contributed by atoms with Gasteiger partial charge < -0.3 is 10.2 Å². The quantitative estimate of drug-likeness (QED) is 0.865. The summed E-state index contributed by atoms with van der Waals surface area (Å²) < 4.78 is 0. The Morgan fingerprint density at radius 3 is 2.32 bits per heavy atom. The average molecular weight is 257 g/mol. The molecule has 0 bridgehead atoms. The molecule has 0 radical (unpaired) electrons. The molecule has 0 aliphatic rings. The summed E-state index contributed by atoms with van der Waals surface area (Å²) in [6, 6.07) is 16.9. The lowest BCUT2D eigenvalue weighted by Gasteiger charge is -2.21. The molecule has 0 saturated carbocycles. The summed E-state index contributed by atoms with van der Waals surface area (Å²) in [5.74, 6) is 0.295. The van der Waals surface area contributed by atoms with Crippen molar-refractivity contribution in [1.82, 2.24) is 4.90 Å². The Labute approximate surface area is 113 Å². The molecule has 2 N–H and O–H groups in total. The topological polar surface area (TPSA) is 43.7 Å². The normalized spacial score (nSPS) is 12.6. The molecule has 2 aromatic carbocycles. The van der Waals surface area contributed by atoms with Gasteiger partial charge in [-0.05, 0) is 18.7 Å². The third-order valence-corrected chi connectivity index (χ3v) is 3.10. The van der Waals surface area contributed by atoms with Gasteiger partial charge in [-0.25, -0.2) is 0 Å². The zero-order valence-corrected chi connectivity index (χ0v) is 11.0. The fourth-order valence-electron chi connectivity index (χ4n) is 2.08. The van der Waals surface area contributed by atoms with Crippen molar-refractivity contribution in [3.8, 4) is 5.75 Å². The Bertz CT molecular complexity index is 513. The maximum absolute atomic E-state index is 10.1. The van der Waals surface area contributed by atoms with E-state index < -0.39 is 6.10 Å². The monoisotopic (exact) mass is 257 g/mol. The number of hydrogen-bond acceptors (Lipinski definition) is 3. The van der Waals surface area contributed by atoms with Crippen LogP contribution in [-0.4, -0.2) is 28.7 Å². The largest absolute Gasteiger partial charge is 0.508 e. The van der Waals surface area contributed by atoms with E-state index in [1.165, 1.54) is 0 Å². The molecule has 0 heterocycles. The first-order valence-corrected chi connectivity index (χ1v) is 6.35. The van der Waals surface area contributed by atoms with Crippen LogP contribution in [0.5, 0.6) is 5.75 Å². The van der Waals surface area contributed by atoms with Crippen LogP contribution in [0.25, 0.3) is 0 Å². The molecular weight excluding hydrogens is 238 g/mol. The summed E-state index contributed by atoms with van der Waals surface area (Å²) in [7, 11) is 1.93. The summed E-state index contributed by atoms with van der Waals surface area (Å²) in [4.78, 5) is 1.99. The number of phenolic OH excluding ortho intramolecular Hbond substituents is 1. The molecule has 100 valence electrons. The first-order valence-electron chi connectivity index (χ1n) is 6.35. The number of para-hydroxylation sites is 1. The summed E-state index contributed by atoms with van der Waals surface area (Å²) in [6.45, 7) is 1.13. The van der Waals surface area contributed by atoms with E-state index in [2.05, 4.69) is 0 Å². The molecule has 3 nitrogen and oxygen atoms in total. The molecule has 0 fully saturated rings. The van der Waals surface area contributed by atoms with E-state index in [0.29, 0.717) is 18.8 Å². The van der Waals surface area contributed by atoms with Gasteiger partial charge in [-0.1, -0.05) is 48.5 Å². The second-order valence-corrected chi connectivity index (χ2v) is 4.75. The fraction of sp³-hybridized carbons (Fsp3) is 0.250. The highest BCUT2D eigenvalue weighted by molar-refractivity contribution is 5.31. The Morgan fingerprint density at radius 1 is 1.00 bits per heavy atom. The molecule has 0 amide bonds. The predicted molar refractivity (Wildman–Crippen MR) is 75.8 cm³/mol. The average Bonchev–Trinajstić information content (AvgIpc) is 2.42. The second kappa shape index (κ2) is 6.36. The number of benzene rings is 2. The van der Waals surface area contributed by atoms with Gasteiger partial charge in [-0.2, -0.15) is 0 Å². The number of likely N-dealkylation sites (N-methyl/N-ethyl adjacent to an activating group) is 1. The maximum Gasteiger partial charge on any atom is 0.120 e. The lowest BCUT2D eigenvalue weighted by molar-refractivity contribution is 0.123. The van der Waals surface area contributed by atoms with E-state index in [4.69, 9.17) is 0 Å². The molecule has 19 heavy (non-hydrogen) atoms. The van der Waals surface area contributed by atoms with Gasteiger partial charge in [-0.15, -0.1) is 0 Å². The minimum atomic E-state index is -0.517. The van der Waals surface area contributed by atoms with Crippen LogP contribution < -0.4 is 0 Å². The van der Waals surface area contributed by atoms with Crippen molar-refractivity contribution in [1.29, 1.82) is 0 Å². The smallest absolute Gasteiger partial charge is 0.120 e. The van der Waals surface area contributed by atoms with Crippen molar-refractivity contribution in [2.45, 2.75) is 12.6 Å². The Balaban J connectivity index is 1.95. The molecule has 2 rings (SSSR count). The third-order valence-electron chi connectivity index (χ3n) is 3.10. The van der Waals surface area contributed by atoms with Crippen LogP contribution in [0.15, 0.2) is 54.6 Å². The Hall–Kier alpha value is -1.84. The molecule has 0 aliphatic carbocycles. The van der Waals surface area contributed by atoms with Crippen molar-refractivity contribution in [2.75, 3.05) is 13.6 Å². The van der Waals surface area contributed by atoms with Crippen LogP contribution >= 0.6 is 0 Å². The van der Waals surface area contributed by atoms with E-state index >= 15 is 0 Å². The van der Waals surface area contributed by atoms with Crippen LogP contribution in [0.2, 0.25) is 0 Å². The van der Waals surface area contributed by atoms with Crippen LogP contribution in [0.4, 0.5) is 0 Å². The number of aliphatic hydroxyl groups excluding tert-OH is 1. The van der Waals surface area contributed by atoms with Crippen molar-refractivity contribution >= 4 is 0 Å². The summed E-state index contributed by atoms with van der Waals surface area (Å²) in [5, 5.41) is 19.9. The zero-order valence-electron chi connectivity index (χ0n) is 11.0. The van der Waals surface area contributed by atoms with Gasteiger partial charge in [0.15, 0.2) is 0 Å². The van der Waals surface area contributed by atoms with Crippen LogP contribution in [-0.2, 0) is 6.54 Å². The number of hydrogen-bond donors (Lipinski definition) is 2. The zero-order chi connectivity index (χ0) is 13.7. The number of nitrogens with zero attached hydrogens (tertiary/aromatic N) is 1. The highest BCUT2D eigenvalue weighted by Crippen LogP contribution is 2.19. The molecule has 1 atom stereocenters. The highest BCUT2D eigenvalue weighted by atomic mass is 16.3. The van der Waals surface area contributed by atoms with Crippen molar-refractivity contribution in [3.05, 3.63) is 65.7 Å². The molecule has 3 heteroatoms. The number of rotatable bonds is 5. The van der Waals surface area contributed by atoms with Gasteiger partial charge in [0, 0.05) is 18.7 Å². The summed E-state index contributed by atoms with van der Waals surface area (Å²) >= 11 is 0. The molecule has 2 aromatic rings. The summed E-state index contributed by atoms with van der Waals surface area (Å²) in [5.41, 5.74) is 1.77. The lowest BCUT2D eigenvalue weighted by Crippen LogP contribution is -2.24. The molecule has 0 spiro atoms. The molecule has 0 aromatic heterocycles. The minimum Gasteiger partial charge on any atom is -0.508 e. The van der Waals surface area contributed by atoms with Gasteiger partial charge in [-0.3, -0.25) is 4.90 Å². The van der Waals surface area contributed by atoms with Crippen LogP contribution in [0.3, 0.4) is 0 Å². The van der Waals surface area contributed by atoms with Gasteiger partial charge in [0.2, 0.25) is 0 Å². The molecule has 0 saturated heterocycles. The van der Waals surface area contributed by atoms with E-state index in [1.807, 2.05) is 54.4 Å². The second-order valence-electron chi connectivity index (χ2n) is 4.75. The first kappa shape index (κ1) is 13.6. The van der Waals surface area contributed by atoms with Gasteiger partial charge in [0.05, 0.1) is 6.10 Å². The first-order chi connectivity index (χ1) is 9.16. The molecule has 0 aliphatic heterocycles.